The maximum absolute atomic E-state index is 12.0. The molecule has 0 bridgehead atoms. The number of rotatable bonds is 5. The number of carbonyl (C=O) groups is 1. The maximum Gasteiger partial charge on any atom is 0.287 e. The van der Waals surface area contributed by atoms with Crippen molar-refractivity contribution in [3.8, 4) is 11.5 Å². The van der Waals surface area contributed by atoms with E-state index in [0.29, 0.717) is 18.9 Å². The summed E-state index contributed by atoms with van der Waals surface area (Å²) in [7, 11) is 1.62. The summed E-state index contributed by atoms with van der Waals surface area (Å²) in [5.74, 6) is 2.10. The van der Waals surface area contributed by atoms with Crippen LogP contribution in [-0.4, -0.2) is 31.3 Å². The molecule has 23 heavy (non-hydrogen) atoms. The molecule has 0 fully saturated rings. The molecule has 6 heteroatoms. The third-order valence-electron chi connectivity index (χ3n) is 3.85. The Morgan fingerprint density at radius 3 is 3.00 bits per heavy atom. The molecule has 1 atom stereocenters. The number of benzene rings is 1. The first-order valence-corrected chi connectivity index (χ1v) is 7.47. The fourth-order valence-electron chi connectivity index (χ4n) is 2.58. The molecule has 1 aromatic carbocycles. The van der Waals surface area contributed by atoms with Crippen LogP contribution in [0, 0.1) is 5.92 Å². The molecule has 0 saturated heterocycles. The molecule has 0 spiro atoms. The van der Waals surface area contributed by atoms with Crippen LogP contribution in [0.3, 0.4) is 0 Å². The van der Waals surface area contributed by atoms with E-state index in [-0.39, 0.29) is 24.2 Å². The maximum atomic E-state index is 12.0. The summed E-state index contributed by atoms with van der Waals surface area (Å²) >= 11 is 0. The average Bonchev–Trinajstić information content (AvgIpc) is 3.08. The zero-order valence-corrected chi connectivity index (χ0v) is 12.9. The van der Waals surface area contributed by atoms with E-state index in [2.05, 4.69) is 5.32 Å². The number of hydrogen-bond acceptors (Lipinski definition) is 5. The summed E-state index contributed by atoms with van der Waals surface area (Å²) in [6.07, 6.45) is 0.833. The summed E-state index contributed by atoms with van der Waals surface area (Å²) in [4.78, 5) is 12.0. The highest BCUT2D eigenvalue weighted by Gasteiger charge is 2.21. The number of aliphatic hydroxyl groups is 1. The first kappa shape index (κ1) is 15.4. The number of furan rings is 1. The molecular formula is C17H19NO5. The molecule has 1 amide bonds. The smallest absolute Gasteiger partial charge is 0.287 e. The molecule has 1 aromatic heterocycles. The van der Waals surface area contributed by atoms with Crippen molar-refractivity contribution in [3.63, 3.8) is 0 Å². The van der Waals surface area contributed by atoms with Crippen molar-refractivity contribution >= 4 is 5.91 Å². The third-order valence-corrected chi connectivity index (χ3v) is 3.85. The van der Waals surface area contributed by atoms with Gasteiger partial charge in [-0.3, -0.25) is 4.79 Å². The monoisotopic (exact) mass is 317 g/mol. The summed E-state index contributed by atoms with van der Waals surface area (Å²) in [5, 5.41) is 11.8. The molecule has 2 aromatic rings. The Labute approximate surface area is 134 Å². The standard InChI is InChI=1S/C17H19NO5/c1-21-13-3-2-12-6-11(10-22-16(12)7-13)8-18-17(20)15-5-4-14(9-19)23-15/h2-5,7,11,19H,6,8-10H2,1H3,(H,18,20)/t11-/m0/s1. The molecule has 3 rings (SSSR count). The van der Waals surface area contributed by atoms with Crippen LogP contribution in [0.15, 0.2) is 34.7 Å². The molecule has 122 valence electrons. The molecular weight excluding hydrogens is 298 g/mol. The van der Waals surface area contributed by atoms with Crippen molar-refractivity contribution in [2.45, 2.75) is 13.0 Å². The van der Waals surface area contributed by atoms with Gasteiger partial charge in [-0.25, -0.2) is 0 Å². The number of fused-ring (bicyclic) bond motifs is 1. The normalized spacial score (nSPS) is 16.3. The second kappa shape index (κ2) is 6.75. The van der Waals surface area contributed by atoms with Crippen LogP contribution >= 0.6 is 0 Å². The Bertz CT molecular complexity index is 694. The molecule has 1 aliphatic heterocycles. The van der Waals surface area contributed by atoms with E-state index >= 15 is 0 Å². The van der Waals surface area contributed by atoms with Gasteiger partial charge in [0.2, 0.25) is 0 Å². The van der Waals surface area contributed by atoms with Crippen molar-refractivity contribution < 1.29 is 23.8 Å². The van der Waals surface area contributed by atoms with Gasteiger partial charge >= 0.3 is 0 Å². The van der Waals surface area contributed by atoms with Crippen LogP contribution in [0.1, 0.15) is 21.9 Å². The summed E-state index contributed by atoms with van der Waals surface area (Å²) in [6.45, 7) is 0.823. The molecule has 6 nitrogen and oxygen atoms in total. The van der Waals surface area contributed by atoms with E-state index < -0.39 is 0 Å². The van der Waals surface area contributed by atoms with Crippen LogP contribution in [0.25, 0.3) is 0 Å². The van der Waals surface area contributed by atoms with Crippen LogP contribution in [0.4, 0.5) is 0 Å². The number of nitrogens with one attached hydrogen (secondary N) is 1. The van der Waals surface area contributed by atoms with Gasteiger partial charge in [-0.2, -0.15) is 0 Å². The average molecular weight is 317 g/mol. The Hall–Kier alpha value is -2.47. The van der Waals surface area contributed by atoms with Gasteiger partial charge < -0.3 is 24.3 Å². The first-order chi connectivity index (χ1) is 11.2. The van der Waals surface area contributed by atoms with E-state index in [0.717, 1.165) is 23.5 Å². The summed E-state index contributed by atoms with van der Waals surface area (Å²) in [6, 6.07) is 8.91. The molecule has 0 unspecified atom stereocenters. The topological polar surface area (TPSA) is 80.9 Å². The molecule has 1 aliphatic rings. The Balaban J connectivity index is 1.56. The lowest BCUT2D eigenvalue weighted by Gasteiger charge is -2.25. The van der Waals surface area contributed by atoms with Crippen molar-refractivity contribution in [2.24, 2.45) is 5.92 Å². The Morgan fingerprint density at radius 2 is 2.26 bits per heavy atom. The van der Waals surface area contributed by atoms with E-state index in [1.807, 2.05) is 18.2 Å². The largest absolute Gasteiger partial charge is 0.497 e. The number of hydrogen-bond donors (Lipinski definition) is 2. The van der Waals surface area contributed by atoms with Crippen LogP contribution in [0.5, 0.6) is 11.5 Å². The van der Waals surface area contributed by atoms with E-state index in [1.54, 1.807) is 19.2 Å². The van der Waals surface area contributed by atoms with Crippen molar-refractivity contribution in [1.29, 1.82) is 0 Å². The van der Waals surface area contributed by atoms with E-state index in [9.17, 15) is 4.79 Å². The van der Waals surface area contributed by atoms with Crippen LogP contribution in [0.2, 0.25) is 0 Å². The highest BCUT2D eigenvalue weighted by Crippen LogP contribution is 2.30. The molecule has 2 heterocycles. The van der Waals surface area contributed by atoms with Crippen LogP contribution < -0.4 is 14.8 Å². The minimum atomic E-state index is -0.287. The second-order valence-corrected chi connectivity index (χ2v) is 5.49. The number of aliphatic hydroxyl groups excluding tert-OH is 1. The van der Waals surface area contributed by atoms with Gasteiger partial charge in [0, 0.05) is 18.5 Å². The van der Waals surface area contributed by atoms with Gasteiger partial charge in [-0.05, 0) is 30.2 Å². The minimum absolute atomic E-state index is 0.201. The lowest BCUT2D eigenvalue weighted by Crippen LogP contribution is -2.34. The van der Waals surface area contributed by atoms with Gasteiger partial charge in [0.15, 0.2) is 5.76 Å². The summed E-state index contributed by atoms with van der Waals surface area (Å²) in [5.41, 5.74) is 1.11. The van der Waals surface area contributed by atoms with Crippen molar-refractivity contribution in [3.05, 3.63) is 47.4 Å². The Morgan fingerprint density at radius 1 is 1.39 bits per heavy atom. The zero-order chi connectivity index (χ0) is 16.2. The lowest BCUT2D eigenvalue weighted by molar-refractivity contribution is 0.0906. The van der Waals surface area contributed by atoms with Gasteiger partial charge in [-0.1, -0.05) is 6.07 Å². The fraction of sp³-hybridized carbons (Fsp3) is 0.353. The van der Waals surface area contributed by atoms with Gasteiger partial charge in [0.05, 0.1) is 13.7 Å². The van der Waals surface area contributed by atoms with Crippen molar-refractivity contribution in [2.75, 3.05) is 20.3 Å². The molecule has 0 saturated carbocycles. The van der Waals surface area contributed by atoms with Crippen LogP contribution in [-0.2, 0) is 13.0 Å². The predicted molar refractivity (Wildman–Crippen MR) is 82.6 cm³/mol. The SMILES string of the molecule is COc1ccc2c(c1)OC[C@H](CNC(=O)c1ccc(CO)o1)C2. The number of carbonyl (C=O) groups excluding carboxylic acids is 1. The zero-order valence-electron chi connectivity index (χ0n) is 12.9. The predicted octanol–water partition coefficient (Wildman–Crippen LogP) is 1.76. The minimum Gasteiger partial charge on any atom is -0.497 e. The molecule has 0 radical (unpaired) electrons. The molecule has 0 aliphatic carbocycles. The number of amides is 1. The van der Waals surface area contributed by atoms with Crippen molar-refractivity contribution in [1.82, 2.24) is 5.32 Å². The van der Waals surface area contributed by atoms with Gasteiger partial charge in [-0.15, -0.1) is 0 Å². The van der Waals surface area contributed by atoms with Gasteiger partial charge in [0.1, 0.15) is 23.9 Å². The van der Waals surface area contributed by atoms with Gasteiger partial charge in [0.25, 0.3) is 5.91 Å². The molecule has 2 N–H and O–H groups in total. The first-order valence-electron chi connectivity index (χ1n) is 7.47. The lowest BCUT2D eigenvalue weighted by atomic mass is 9.96. The second-order valence-electron chi connectivity index (χ2n) is 5.49. The number of methoxy groups -OCH3 is 1. The quantitative estimate of drug-likeness (QED) is 0.878. The van der Waals surface area contributed by atoms with E-state index in [1.165, 1.54) is 0 Å². The van der Waals surface area contributed by atoms with E-state index in [4.69, 9.17) is 19.0 Å². The highest BCUT2D eigenvalue weighted by atomic mass is 16.5. The number of ether oxygens (including phenoxy) is 2. The summed E-state index contributed by atoms with van der Waals surface area (Å²) < 4.78 is 16.1. The third kappa shape index (κ3) is 3.48. The fourth-order valence-corrected chi connectivity index (χ4v) is 2.58. The Kier molecular flexibility index (Phi) is 4.52. The highest BCUT2D eigenvalue weighted by molar-refractivity contribution is 5.91.